The molecule has 0 atom stereocenters. The lowest BCUT2D eigenvalue weighted by atomic mass is 10.1. The molecule has 1 heterocycles. The van der Waals surface area contributed by atoms with Crippen LogP contribution in [0.25, 0.3) is 17.3 Å². The number of carbonyl (C=O) groups excluding carboxylic acids is 1. The molecule has 1 aromatic heterocycles. The summed E-state index contributed by atoms with van der Waals surface area (Å²) >= 11 is 0. The molecule has 5 nitrogen and oxygen atoms in total. The fourth-order valence-electron chi connectivity index (χ4n) is 2.44. The Morgan fingerprint density at radius 1 is 1.04 bits per heavy atom. The molecule has 0 bridgehead atoms. The Kier molecular flexibility index (Phi) is 5.12. The molecule has 0 saturated carbocycles. The first-order valence-electron chi connectivity index (χ1n) is 7.86. The van der Waals surface area contributed by atoms with Crippen LogP contribution in [-0.4, -0.2) is 30.2 Å². The van der Waals surface area contributed by atoms with Gasteiger partial charge < -0.3 is 9.47 Å². The molecule has 26 heavy (non-hydrogen) atoms. The smallest absolute Gasteiger partial charge is 0.185 e. The van der Waals surface area contributed by atoms with Crippen molar-refractivity contribution in [3.8, 4) is 22.8 Å². The summed E-state index contributed by atoms with van der Waals surface area (Å²) in [6, 6.07) is 12.7. The van der Waals surface area contributed by atoms with Gasteiger partial charge in [0.15, 0.2) is 17.3 Å². The van der Waals surface area contributed by atoms with E-state index in [-0.39, 0.29) is 11.6 Å². The number of carbonyl (C=O) groups is 1. The van der Waals surface area contributed by atoms with Crippen LogP contribution in [0.15, 0.2) is 54.6 Å². The van der Waals surface area contributed by atoms with E-state index in [0.29, 0.717) is 28.5 Å². The van der Waals surface area contributed by atoms with Crippen molar-refractivity contribution in [1.82, 2.24) is 10.2 Å². The Labute approximate surface area is 150 Å². The molecular weight excluding hydrogens is 335 g/mol. The first kappa shape index (κ1) is 17.4. The molecule has 0 fully saturated rings. The number of ether oxygens (including phenoxy) is 2. The summed E-state index contributed by atoms with van der Waals surface area (Å²) in [5, 5.41) is 7.11. The third kappa shape index (κ3) is 3.80. The van der Waals surface area contributed by atoms with E-state index in [4.69, 9.17) is 9.47 Å². The van der Waals surface area contributed by atoms with Gasteiger partial charge in [0, 0.05) is 11.1 Å². The van der Waals surface area contributed by atoms with Crippen LogP contribution in [0.3, 0.4) is 0 Å². The van der Waals surface area contributed by atoms with E-state index in [1.165, 1.54) is 30.3 Å². The van der Waals surface area contributed by atoms with Gasteiger partial charge in [-0.3, -0.25) is 9.89 Å². The van der Waals surface area contributed by atoms with Gasteiger partial charge in [-0.05, 0) is 60.7 Å². The van der Waals surface area contributed by atoms with Crippen LogP contribution in [-0.2, 0) is 0 Å². The number of halogens is 1. The molecular formula is C20H17FN2O3. The minimum atomic E-state index is -0.376. The summed E-state index contributed by atoms with van der Waals surface area (Å²) in [6.45, 7) is 0. The van der Waals surface area contributed by atoms with Gasteiger partial charge >= 0.3 is 0 Å². The summed E-state index contributed by atoms with van der Waals surface area (Å²) in [6.07, 6.45) is 3.04. The maximum Gasteiger partial charge on any atom is 0.185 e. The zero-order chi connectivity index (χ0) is 18.5. The van der Waals surface area contributed by atoms with Crippen molar-refractivity contribution >= 4 is 11.9 Å². The van der Waals surface area contributed by atoms with E-state index in [1.54, 1.807) is 26.4 Å². The lowest BCUT2D eigenvalue weighted by Crippen LogP contribution is -1.93. The van der Waals surface area contributed by atoms with Crippen LogP contribution in [0.1, 0.15) is 16.1 Å². The van der Waals surface area contributed by atoms with Crippen molar-refractivity contribution in [1.29, 1.82) is 0 Å². The monoisotopic (exact) mass is 352 g/mol. The minimum Gasteiger partial charge on any atom is -0.493 e. The SMILES string of the molecule is COc1ccc(-c2cc(C=CC(=O)c3ccc(F)cc3)[nH]n2)cc1OC. The number of methoxy groups -OCH3 is 2. The van der Waals surface area contributed by atoms with E-state index in [9.17, 15) is 9.18 Å². The fraction of sp³-hybridized carbons (Fsp3) is 0.100. The molecule has 2 aromatic carbocycles. The van der Waals surface area contributed by atoms with Gasteiger partial charge in [-0.2, -0.15) is 5.10 Å². The summed E-state index contributed by atoms with van der Waals surface area (Å²) in [5.41, 5.74) is 2.65. The minimum absolute atomic E-state index is 0.215. The zero-order valence-electron chi connectivity index (χ0n) is 14.3. The second-order valence-electron chi connectivity index (χ2n) is 5.48. The van der Waals surface area contributed by atoms with E-state index < -0.39 is 0 Å². The Hall–Kier alpha value is -3.41. The quantitative estimate of drug-likeness (QED) is 0.535. The van der Waals surface area contributed by atoms with Crippen molar-refractivity contribution in [2.45, 2.75) is 0 Å². The van der Waals surface area contributed by atoms with E-state index in [2.05, 4.69) is 10.2 Å². The number of nitrogens with zero attached hydrogens (tertiary/aromatic N) is 1. The molecule has 0 unspecified atom stereocenters. The molecule has 6 heteroatoms. The Morgan fingerprint density at radius 3 is 2.46 bits per heavy atom. The molecule has 0 amide bonds. The summed E-state index contributed by atoms with van der Waals surface area (Å²) in [5.74, 6) is 0.652. The van der Waals surface area contributed by atoms with Crippen molar-refractivity contribution in [2.24, 2.45) is 0 Å². The molecule has 0 aliphatic carbocycles. The van der Waals surface area contributed by atoms with Gasteiger partial charge in [0.05, 0.1) is 25.6 Å². The molecule has 0 saturated heterocycles. The first-order chi connectivity index (χ1) is 12.6. The molecule has 132 valence electrons. The van der Waals surface area contributed by atoms with Crippen LogP contribution < -0.4 is 9.47 Å². The number of hydrogen-bond donors (Lipinski definition) is 1. The largest absolute Gasteiger partial charge is 0.493 e. The maximum absolute atomic E-state index is 12.9. The highest BCUT2D eigenvalue weighted by Gasteiger charge is 2.09. The van der Waals surface area contributed by atoms with Gasteiger partial charge in [-0.15, -0.1) is 0 Å². The lowest BCUT2D eigenvalue weighted by Gasteiger charge is -2.08. The second-order valence-corrected chi connectivity index (χ2v) is 5.48. The van der Waals surface area contributed by atoms with Crippen LogP contribution in [0.4, 0.5) is 4.39 Å². The number of ketones is 1. The number of H-pyrrole nitrogens is 1. The van der Waals surface area contributed by atoms with Crippen LogP contribution in [0, 0.1) is 5.82 Å². The molecule has 0 radical (unpaired) electrons. The molecule has 0 aliphatic heterocycles. The highest BCUT2D eigenvalue weighted by Crippen LogP contribution is 2.31. The van der Waals surface area contributed by atoms with Gasteiger partial charge in [0.25, 0.3) is 0 Å². The van der Waals surface area contributed by atoms with Crippen molar-refractivity contribution in [3.05, 3.63) is 71.7 Å². The third-order valence-electron chi connectivity index (χ3n) is 3.82. The molecule has 0 aliphatic rings. The second kappa shape index (κ2) is 7.65. The van der Waals surface area contributed by atoms with Crippen LogP contribution in [0.2, 0.25) is 0 Å². The van der Waals surface area contributed by atoms with Gasteiger partial charge in [0.2, 0.25) is 0 Å². The molecule has 3 aromatic rings. The van der Waals surface area contributed by atoms with Crippen molar-refractivity contribution in [3.63, 3.8) is 0 Å². The number of aromatic amines is 1. The lowest BCUT2D eigenvalue weighted by molar-refractivity contribution is 0.104. The Morgan fingerprint density at radius 2 is 1.77 bits per heavy atom. The summed E-state index contributed by atoms with van der Waals surface area (Å²) in [7, 11) is 3.15. The predicted molar refractivity (Wildman–Crippen MR) is 96.9 cm³/mol. The number of allylic oxidation sites excluding steroid dienone is 1. The Bertz CT molecular complexity index is 946. The summed E-state index contributed by atoms with van der Waals surface area (Å²) in [4.78, 5) is 12.1. The van der Waals surface area contributed by atoms with Crippen LogP contribution in [0.5, 0.6) is 11.5 Å². The van der Waals surface area contributed by atoms with Gasteiger partial charge in [-0.1, -0.05) is 0 Å². The average molecular weight is 352 g/mol. The van der Waals surface area contributed by atoms with E-state index in [0.717, 1.165) is 5.56 Å². The fourth-order valence-corrected chi connectivity index (χ4v) is 2.44. The van der Waals surface area contributed by atoms with Crippen molar-refractivity contribution in [2.75, 3.05) is 14.2 Å². The van der Waals surface area contributed by atoms with E-state index >= 15 is 0 Å². The number of aromatic nitrogens is 2. The first-order valence-corrected chi connectivity index (χ1v) is 7.86. The zero-order valence-corrected chi connectivity index (χ0v) is 14.3. The predicted octanol–water partition coefficient (Wildman–Crippen LogP) is 4.13. The highest BCUT2D eigenvalue weighted by molar-refractivity contribution is 6.06. The standard InChI is InChI=1S/C20H17FN2O3/c1-25-19-10-5-14(11-20(19)26-2)17-12-16(22-23-17)8-9-18(24)13-3-6-15(21)7-4-13/h3-12H,1-2H3,(H,22,23). The van der Waals surface area contributed by atoms with Gasteiger partial charge in [0.1, 0.15) is 5.82 Å². The number of hydrogen-bond acceptors (Lipinski definition) is 4. The molecule has 0 spiro atoms. The topological polar surface area (TPSA) is 64.2 Å². The third-order valence-corrected chi connectivity index (χ3v) is 3.82. The maximum atomic E-state index is 12.9. The average Bonchev–Trinajstić information content (AvgIpc) is 3.15. The molecule has 3 rings (SSSR count). The number of nitrogens with one attached hydrogen (secondary N) is 1. The van der Waals surface area contributed by atoms with Crippen molar-refractivity contribution < 1.29 is 18.7 Å². The van der Waals surface area contributed by atoms with E-state index in [1.807, 2.05) is 18.2 Å². The van der Waals surface area contributed by atoms with Gasteiger partial charge in [-0.25, -0.2) is 4.39 Å². The number of rotatable bonds is 6. The molecule has 1 N–H and O–H groups in total. The highest BCUT2D eigenvalue weighted by atomic mass is 19.1. The normalized spacial score (nSPS) is 10.9. The Balaban J connectivity index is 1.77. The van der Waals surface area contributed by atoms with Crippen LogP contribution >= 0.6 is 0 Å². The summed E-state index contributed by atoms with van der Waals surface area (Å²) < 4.78 is 23.4. The number of benzene rings is 2.